The van der Waals surface area contributed by atoms with E-state index in [-0.39, 0.29) is 5.57 Å². The summed E-state index contributed by atoms with van der Waals surface area (Å²) in [6, 6.07) is 0. The van der Waals surface area contributed by atoms with Gasteiger partial charge in [0, 0.05) is 0 Å². The number of hydrogen-bond acceptors (Lipinski definition) is 2. The predicted molar refractivity (Wildman–Crippen MR) is 43.1 cm³/mol. The van der Waals surface area contributed by atoms with Gasteiger partial charge in [-0.05, 0) is 6.08 Å². The maximum absolute atomic E-state index is 10.2. The van der Waals surface area contributed by atoms with Crippen LogP contribution in [-0.2, 0) is 4.79 Å². The van der Waals surface area contributed by atoms with Crippen LogP contribution in [0.3, 0.4) is 0 Å². The van der Waals surface area contributed by atoms with Crippen LogP contribution in [0.2, 0.25) is 0 Å². The van der Waals surface area contributed by atoms with Crippen LogP contribution in [0.5, 0.6) is 0 Å². The molecule has 6 heteroatoms. The highest BCUT2D eigenvalue weighted by atomic mass is 35.6. The maximum atomic E-state index is 10.2. The van der Waals surface area contributed by atoms with Crippen LogP contribution in [0.1, 0.15) is 0 Å². The second kappa shape index (κ2) is 4.16. The Labute approximate surface area is 78.2 Å². The molecule has 0 unspecified atom stereocenters. The molecule has 3 nitrogen and oxygen atoms in total. The van der Waals surface area contributed by atoms with Crippen molar-refractivity contribution in [1.82, 2.24) is 0 Å². The van der Waals surface area contributed by atoms with Gasteiger partial charge in [-0.2, -0.15) is 0 Å². The molecule has 0 aromatic heterocycles. The number of carboxylic acid groups (broad SMARTS) is 1. The van der Waals surface area contributed by atoms with Crippen molar-refractivity contribution in [3.8, 4) is 0 Å². The average Bonchev–Trinajstić information content (AvgIpc) is 1.80. The number of aliphatic carboxylic acids is 1. The first-order chi connectivity index (χ1) is 4.87. The number of alkyl halides is 3. The summed E-state index contributed by atoms with van der Waals surface area (Å²) in [4.78, 5) is 10.2. The smallest absolute Gasteiger partial charge is 0.333 e. The fraction of sp³-hybridized carbons (Fsp3) is 0.400. The summed E-state index contributed by atoms with van der Waals surface area (Å²) in [5.74, 6) is -1.31. The fourth-order valence-corrected chi connectivity index (χ4v) is 0.768. The molecular weight excluding hydrogens is 214 g/mol. The molecule has 11 heavy (non-hydrogen) atoms. The van der Waals surface area contributed by atoms with Crippen LogP contribution in [0.25, 0.3) is 0 Å². The number of aliphatic hydroxyl groups excluding tert-OH is 1. The van der Waals surface area contributed by atoms with Gasteiger partial charge in [0.2, 0.25) is 3.79 Å². The number of aliphatic hydroxyl groups is 1. The van der Waals surface area contributed by atoms with E-state index in [1.165, 1.54) is 0 Å². The van der Waals surface area contributed by atoms with Crippen molar-refractivity contribution in [2.24, 2.45) is 0 Å². The minimum absolute atomic E-state index is 0.343. The molecule has 0 saturated heterocycles. The standard InChI is InChI=1S/C5H5Cl3O3/c6-5(7,8)1-3(2-9)4(10)11/h1,9H,2H2,(H,10,11). The summed E-state index contributed by atoms with van der Waals surface area (Å²) in [6.07, 6.45) is 0.847. The molecule has 2 N–H and O–H groups in total. The quantitative estimate of drug-likeness (QED) is 0.545. The van der Waals surface area contributed by atoms with E-state index < -0.39 is 16.4 Å². The molecule has 0 aromatic rings. The number of rotatable bonds is 2. The van der Waals surface area contributed by atoms with Gasteiger partial charge in [0.1, 0.15) is 0 Å². The Morgan fingerprint density at radius 3 is 2.00 bits per heavy atom. The summed E-state index contributed by atoms with van der Waals surface area (Å²) in [7, 11) is 0. The Balaban J connectivity index is 4.49. The van der Waals surface area contributed by atoms with Crippen LogP contribution >= 0.6 is 34.8 Å². The Morgan fingerprint density at radius 1 is 1.45 bits per heavy atom. The molecule has 0 saturated carbocycles. The topological polar surface area (TPSA) is 57.5 Å². The Kier molecular flexibility index (Phi) is 4.18. The molecule has 0 heterocycles. The van der Waals surface area contributed by atoms with E-state index in [0.29, 0.717) is 0 Å². The normalized spacial score (nSPS) is 13.3. The first-order valence-corrected chi connectivity index (χ1v) is 3.63. The third kappa shape index (κ3) is 5.32. The number of carbonyl (C=O) groups is 1. The van der Waals surface area contributed by atoms with Gasteiger partial charge in [0.15, 0.2) is 0 Å². The Morgan fingerprint density at radius 2 is 1.91 bits per heavy atom. The van der Waals surface area contributed by atoms with Gasteiger partial charge in [-0.3, -0.25) is 0 Å². The first-order valence-electron chi connectivity index (χ1n) is 2.49. The van der Waals surface area contributed by atoms with E-state index in [1.807, 2.05) is 0 Å². The first kappa shape index (κ1) is 11.0. The van der Waals surface area contributed by atoms with Crippen molar-refractivity contribution in [3.05, 3.63) is 11.6 Å². The van der Waals surface area contributed by atoms with E-state index in [0.717, 1.165) is 6.08 Å². The van der Waals surface area contributed by atoms with Crippen molar-refractivity contribution in [3.63, 3.8) is 0 Å². The number of halogens is 3. The summed E-state index contributed by atoms with van der Waals surface area (Å²) in [6.45, 7) is -0.663. The molecular formula is C5H5Cl3O3. The second-order valence-corrected chi connectivity index (χ2v) is 4.04. The van der Waals surface area contributed by atoms with Crippen LogP contribution in [-0.4, -0.2) is 26.6 Å². The highest BCUT2D eigenvalue weighted by Gasteiger charge is 2.19. The lowest BCUT2D eigenvalue weighted by atomic mass is 10.3. The van der Waals surface area contributed by atoms with Gasteiger partial charge >= 0.3 is 5.97 Å². The SMILES string of the molecule is O=C(O)C(=CC(Cl)(Cl)Cl)CO. The van der Waals surface area contributed by atoms with Gasteiger partial charge in [-0.15, -0.1) is 0 Å². The van der Waals surface area contributed by atoms with E-state index in [4.69, 9.17) is 45.0 Å². The molecule has 0 amide bonds. The third-order valence-corrected chi connectivity index (χ3v) is 1.11. The monoisotopic (exact) mass is 218 g/mol. The largest absolute Gasteiger partial charge is 0.478 e. The molecule has 0 aliphatic carbocycles. The molecule has 0 fully saturated rings. The molecule has 0 bridgehead atoms. The Hall–Kier alpha value is 0.0400. The second-order valence-electron chi connectivity index (χ2n) is 1.67. The molecule has 64 valence electrons. The zero-order chi connectivity index (χ0) is 9.07. The minimum atomic E-state index is -1.78. The minimum Gasteiger partial charge on any atom is -0.478 e. The van der Waals surface area contributed by atoms with Gasteiger partial charge < -0.3 is 10.2 Å². The molecule has 0 atom stereocenters. The highest BCUT2D eigenvalue weighted by molar-refractivity contribution is 6.69. The van der Waals surface area contributed by atoms with Crippen LogP contribution in [0.4, 0.5) is 0 Å². The summed E-state index contributed by atoms with van der Waals surface area (Å²) >= 11 is 15.7. The molecule has 0 aliphatic heterocycles. The van der Waals surface area contributed by atoms with Gasteiger partial charge in [-0.25, -0.2) is 4.79 Å². The summed E-state index contributed by atoms with van der Waals surface area (Å²) < 4.78 is -1.78. The van der Waals surface area contributed by atoms with Crippen LogP contribution < -0.4 is 0 Å². The molecule has 0 spiro atoms. The van der Waals surface area contributed by atoms with Crippen molar-refractivity contribution in [1.29, 1.82) is 0 Å². The third-order valence-electron chi connectivity index (χ3n) is 0.783. The molecule has 0 aromatic carbocycles. The molecule has 0 radical (unpaired) electrons. The van der Waals surface area contributed by atoms with Crippen molar-refractivity contribution >= 4 is 40.8 Å². The molecule has 0 aliphatic rings. The Bertz CT molecular complexity index is 182. The van der Waals surface area contributed by atoms with E-state index in [9.17, 15) is 4.79 Å². The summed E-state index contributed by atoms with van der Waals surface area (Å²) in [5, 5.41) is 16.8. The van der Waals surface area contributed by atoms with Crippen molar-refractivity contribution < 1.29 is 15.0 Å². The predicted octanol–water partition coefficient (Wildman–Crippen LogP) is 1.36. The van der Waals surface area contributed by atoms with Gasteiger partial charge in [0.25, 0.3) is 0 Å². The number of carboxylic acids is 1. The number of allylic oxidation sites excluding steroid dienone is 1. The highest BCUT2D eigenvalue weighted by Crippen LogP contribution is 2.28. The van der Waals surface area contributed by atoms with Crippen molar-refractivity contribution in [2.45, 2.75) is 3.79 Å². The lowest BCUT2D eigenvalue weighted by Crippen LogP contribution is -2.09. The van der Waals surface area contributed by atoms with E-state index >= 15 is 0 Å². The van der Waals surface area contributed by atoms with Crippen LogP contribution in [0, 0.1) is 0 Å². The van der Waals surface area contributed by atoms with E-state index in [1.54, 1.807) is 0 Å². The summed E-state index contributed by atoms with van der Waals surface area (Å²) in [5.41, 5.74) is -0.343. The maximum Gasteiger partial charge on any atom is 0.333 e. The van der Waals surface area contributed by atoms with Gasteiger partial charge in [-0.1, -0.05) is 34.8 Å². The van der Waals surface area contributed by atoms with Gasteiger partial charge in [0.05, 0.1) is 12.2 Å². The zero-order valence-corrected chi connectivity index (χ0v) is 7.49. The number of hydrogen-bond donors (Lipinski definition) is 2. The van der Waals surface area contributed by atoms with E-state index in [2.05, 4.69) is 0 Å². The fourth-order valence-electron chi connectivity index (χ4n) is 0.373. The lowest BCUT2D eigenvalue weighted by molar-refractivity contribution is -0.133. The molecule has 0 rings (SSSR count). The average molecular weight is 219 g/mol. The zero-order valence-electron chi connectivity index (χ0n) is 5.22. The van der Waals surface area contributed by atoms with Crippen molar-refractivity contribution in [2.75, 3.05) is 6.61 Å². The lowest BCUT2D eigenvalue weighted by Gasteiger charge is -2.04. The van der Waals surface area contributed by atoms with Crippen LogP contribution in [0.15, 0.2) is 11.6 Å².